The number of carbonyl (C=O) groups is 1. The third kappa shape index (κ3) is 4.43. The molecule has 6 rings (SSSR count). The molecule has 8 nitrogen and oxygen atoms in total. The quantitative estimate of drug-likeness (QED) is 0.200. The minimum Gasteiger partial charge on any atom is -0.422 e. The number of nitrogens with one attached hydrogen (secondary N) is 2. The SMILES string of the molecule is O=C(Cc1c[nH]c2ccccc12)N/N=C/c1cn(-c2ccccc2)nc1-c1cc2ccccc2oc1=O. The standard InChI is InChI=1S/C29H21N5O3/c35-27(15-20-16-30-25-12-6-5-11-23(20)25)32-31-17-21-18-34(22-9-2-1-3-10-22)33-28(21)24-14-19-8-4-7-13-26(19)37-29(24)36/h1-14,16-18,30H,15H2,(H,32,35)/b31-17+. The Labute approximate surface area is 210 Å². The third-order valence-corrected chi connectivity index (χ3v) is 6.08. The maximum Gasteiger partial charge on any atom is 0.345 e. The lowest BCUT2D eigenvalue weighted by atomic mass is 10.1. The van der Waals surface area contributed by atoms with Crippen molar-refractivity contribution in [3.05, 3.63) is 119 Å². The fraction of sp³-hybridized carbons (Fsp3) is 0.0345. The van der Waals surface area contributed by atoms with Gasteiger partial charge in [-0.2, -0.15) is 10.2 Å². The Bertz CT molecular complexity index is 1830. The third-order valence-electron chi connectivity index (χ3n) is 6.08. The average molecular weight is 488 g/mol. The minimum absolute atomic E-state index is 0.172. The summed E-state index contributed by atoms with van der Waals surface area (Å²) >= 11 is 0. The van der Waals surface area contributed by atoms with Crippen molar-refractivity contribution >= 4 is 34.0 Å². The zero-order valence-corrected chi connectivity index (χ0v) is 19.6. The van der Waals surface area contributed by atoms with Gasteiger partial charge >= 0.3 is 5.63 Å². The second-order valence-electron chi connectivity index (χ2n) is 8.53. The van der Waals surface area contributed by atoms with Gasteiger partial charge in [0.15, 0.2) is 0 Å². The van der Waals surface area contributed by atoms with Gasteiger partial charge in [0.1, 0.15) is 11.3 Å². The highest BCUT2D eigenvalue weighted by Gasteiger charge is 2.17. The number of rotatable bonds is 6. The molecule has 0 unspecified atom stereocenters. The fourth-order valence-electron chi connectivity index (χ4n) is 4.30. The lowest BCUT2D eigenvalue weighted by molar-refractivity contribution is -0.120. The number of aromatic amines is 1. The van der Waals surface area contributed by atoms with Crippen LogP contribution in [0.25, 0.3) is 38.8 Å². The summed E-state index contributed by atoms with van der Waals surface area (Å²) in [6.45, 7) is 0. The molecule has 3 aromatic heterocycles. The zero-order valence-electron chi connectivity index (χ0n) is 19.6. The largest absolute Gasteiger partial charge is 0.422 e. The van der Waals surface area contributed by atoms with E-state index in [4.69, 9.17) is 4.42 Å². The van der Waals surface area contributed by atoms with E-state index in [1.165, 1.54) is 6.21 Å². The van der Waals surface area contributed by atoms with Crippen molar-refractivity contribution in [2.24, 2.45) is 5.10 Å². The number of para-hydroxylation sites is 3. The fourth-order valence-corrected chi connectivity index (χ4v) is 4.30. The van der Waals surface area contributed by atoms with E-state index in [0.29, 0.717) is 22.4 Å². The van der Waals surface area contributed by atoms with Gasteiger partial charge in [0.05, 0.1) is 23.9 Å². The summed E-state index contributed by atoms with van der Waals surface area (Å²) in [7, 11) is 0. The highest BCUT2D eigenvalue weighted by atomic mass is 16.4. The molecule has 2 N–H and O–H groups in total. The molecule has 0 saturated carbocycles. The van der Waals surface area contributed by atoms with Crippen molar-refractivity contribution in [2.75, 3.05) is 0 Å². The molecule has 180 valence electrons. The van der Waals surface area contributed by atoms with Crippen LogP contribution in [0.4, 0.5) is 0 Å². The van der Waals surface area contributed by atoms with Gasteiger partial charge in [-0.05, 0) is 35.9 Å². The zero-order chi connectivity index (χ0) is 25.2. The topological polar surface area (TPSA) is 105 Å². The second-order valence-corrected chi connectivity index (χ2v) is 8.53. The van der Waals surface area contributed by atoms with Gasteiger partial charge in [-0.15, -0.1) is 0 Å². The summed E-state index contributed by atoms with van der Waals surface area (Å²) in [5, 5.41) is 10.6. The number of H-pyrrole nitrogens is 1. The van der Waals surface area contributed by atoms with Crippen LogP contribution in [0, 0.1) is 0 Å². The average Bonchev–Trinajstić information content (AvgIpc) is 3.53. The Morgan fingerprint density at radius 1 is 1.03 bits per heavy atom. The molecule has 0 fully saturated rings. The normalized spacial score (nSPS) is 11.5. The van der Waals surface area contributed by atoms with Crippen LogP contribution >= 0.6 is 0 Å². The summed E-state index contributed by atoms with van der Waals surface area (Å²) < 4.78 is 7.20. The maximum absolute atomic E-state index is 12.9. The van der Waals surface area contributed by atoms with Gasteiger partial charge in [0.2, 0.25) is 5.91 Å². The van der Waals surface area contributed by atoms with Crippen LogP contribution in [0.1, 0.15) is 11.1 Å². The van der Waals surface area contributed by atoms with E-state index in [1.807, 2.05) is 79.0 Å². The summed E-state index contributed by atoms with van der Waals surface area (Å²) in [6.07, 6.45) is 5.25. The Balaban J connectivity index is 1.32. The van der Waals surface area contributed by atoms with Crippen LogP contribution in [0.5, 0.6) is 0 Å². The van der Waals surface area contributed by atoms with Crippen molar-refractivity contribution in [3.8, 4) is 16.9 Å². The summed E-state index contributed by atoms with van der Waals surface area (Å²) in [5.41, 5.74) is 6.51. The molecule has 0 atom stereocenters. The van der Waals surface area contributed by atoms with E-state index < -0.39 is 5.63 Å². The first-order valence-electron chi connectivity index (χ1n) is 11.7. The van der Waals surface area contributed by atoms with E-state index in [0.717, 1.165) is 27.5 Å². The van der Waals surface area contributed by atoms with Gasteiger partial charge in [-0.25, -0.2) is 14.9 Å². The number of hydrazone groups is 1. The van der Waals surface area contributed by atoms with E-state index >= 15 is 0 Å². The van der Waals surface area contributed by atoms with Crippen molar-refractivity contribution in [1.82, 2.24) is 20.2 Å². The molecule has 3 heterocycles. The highest BCUT2D eigenvalue weighted by Crippen LogP contribution is 2.24. The molecule has 0 saturated heterocycles. The number of nitrogens with zero attached hydrogens (tertiary/aromatic N) is 3. The molecule has 0 aliphatic rings. The number of benzene rings is 3. The minimum atomic E-state index is -0.505. The lowest BCUT2D eigenvalue weighted by Crippen LogP contribution is -2.19. The molecule has 3 aromatic carbocycles. The molecular weight excluding hydrogens is 466 g/mol. The van der Waals surface area contributed by atoms with Gasteiger partial charge in [-0.3, -0.25) is 4.79 Å². The Kier molecular flexibility index (Phi) is 5.67. The van der Waals surface area contributed by atoms with E-state index in [9.17, 15) is 9.59 Å². The molecule has 0 aliphatic carbocycles. The summed E-state index contributed by atoms with van der Waals surface area (Å²) in [5.74, 6) is -0.261. The number of amides is 1. The van der Waals surface area contributed by atoms with Gasteiger partial charge < -0.3 is 9.40 Å². The molecule has 0 aliphatic heterocycles. The van der Waals surface area contributed by atoms with Gasteiger partial charge in [-0.1, -0.05) is 54.6 Å². The van der Waals surface area contributed by atoms with Crippen LogP contribution < -0.4 is 11.1 Å². The van der Waals surface area contributed by atoms with Crippen LogP contribution in [0.3, 0.4) is 0 Å². The predicted molar refractivity (Wildman–Crippen MR) is 143 cm³/mol. The maximum atomic E-state index is 12.9. The first kappa shape index (κ1) is 22.2. The predicted octanol–water partition coefficient (Wildman–Crippen LogP) is 4.82. The van der Waals surface area contributed by atoms with E-state index in [2.05, 4.69) is 20.6 Å². The van der Waals surface area contributed by atoms with Crippen molar-refractivity contribution in [3.63, 3.8) is 0 Å². The molecule has 1 amide bonds. The second kappa shape index (κ2) is 9.43. The molecule has 0 spiro atoms. The number of carbonyl (C=O) groups excluding carboxylic acids is 1. The number of fused-ring (bicyclic) bond motifs is 2. The van der Waals surface area contributed by atoms with E-state index in [1.54, 1.807) is 23.0 Å². The summed E-state index contributed by atoms with van der Waals surface area (Å²) in [4.78, 5) is 28.6. The molecule has 8 heteroatoms. The smallest absolute Gasteiger partial charge is 0.345 e. The highest BCUT2D eigenvalue weighted by molar-refractivity contribution is 5.92. The van der Waals surface area contributed by atoms with Crippen LogP contribution in [-0.2, 0) is 11.2 Å². The first-order valence-corrected chi connectivity index (χ1v) is 11.7. The molecule has 0 radical (unpaired) electrons. The van der Waals surface area contributed by atoms with Gasteiger partial charge in [0.25, 0.3) is 0 Å². The first-order chi connectivity index (χ1) is 18.2. The Morgan fingerprint density at radius 3 is 2.70 bits per heavy atom. The lowest BCUT2D eigenvalue weighted by Gasteiger charge is -2.02. The summed E-state index contributed by atoms with van der Waals surface area (Å²) in [6, 6.07) is 26.4. The Hall–Kier alpha value is -5.24. The molecule has 37 heavy (non-hydrogen) atoms. The van der Waals surface area contributed by atoms with E-state index in [-0.39, 0.29) is 12.3 Å². The van der Waals surface area contributed by atoms with Crippen molar-refractivity contribution in [2.45, 2.75) is 6.42 Å². The number of aromatic nitrogens is 3. The van der Waals surface area contributed by atoms with Crippen molar-refractivity contribution in [1.29, 1.82) is 0 Å². The monoisotopic (exact) mass is 487 g/mol. The van der Waals surface area contributed by atoms with Crippen LogP contribution in [-0.4, -0.2) is 26.9 Å². The molecule has 0 bridgehead atoms. The van der Waals surface area contributed by atoms with Gasteiger partial charge in [0, 0.05) is 34.2 Å². The Morgan fingerprint density at radius 2 is 1.81 bits per heavy atom. The van der Waals surface area contributed by atoms with Crippen LogP contribution in [0.15, 0.2) is 112 Å². The number of hydrogen-bond acceptors (Lipinski definition) is 5. The van der Waals surface area contributed by atoms with Crippen molar-refractivity contribution < 1.29 is 9.21 Å². The number of hydrogen-bond donors (Lipinski definition) is 2. The van der Waals surface area contributed by atoms with Crippen LogP contribution in [0.2, 0.25) is 0 Å². The molecule has 6 aromatic rings. The molecular formula is C29H21N5O3.